The van der Waals surface area contributed by atoms with Gasteiger partial charge in [0.25, 0.3) is 0 Å². The number of carbonyl (C=O) groups excluding carboxylic acids is 2. The van der Waals surface area contributed by atoms with Gasteiger partial charge in [-0.3, -0.25) is 9.59 Å². The van der Waals surface area contributed by atoms with E-state index in [1.54, 1.807) is 0 Å². The standard InChI is InChI=1S/C14H25NO3.C13H23NO3/c1-10(2)9-12(14(17)18)15-13(16)11-7-5-3-4-6-8-11;1-9(2)8-11(13(16)17)14-12(15)10-6-4-3-5-7-10/h10-12H,3-9H2,1-2H3,(H,15,16)(H,17,18);9-11H,3-8H2,1-2H3,(H,14,15)(H,16,17)/t12-;11-/m00/s1. The van der Waals surface area contributed by atoms with E-state index in [0.717, 1.165) is 51.4 Å². The van der Waals surface area contributed by atoms with Crippen LogP contribution in [0.2, 0.25) is 0 Å². The molecule has 2 aliphatic rings. The Morgan fingerprint density at radius 2 is 0.886 bits per heavy atom. The normalized spacial score (nSPS) is 19.1. The predicted octanol–water partition coefficient (Wildman–Crippen LogP) is 4.75. The maximum absolute atomic E-state index is 12.1. The lowest BCUT2D eigenvalue weighted by Gasteiger charge is -2.23. The summed E-state index contributed by atoms with van der Waals surface area (Å²) in [5.74, 6) is -1.42. The second kappa shape index (κ2) is 16.5. The van der Waals surface area contributed by atoms with Crippen molar-refractivity contribution in [2.75, 3.05) is 0 Å². The van der Waals surface area contributed by atoms with E-state index in [9.17, 15) is 19.2 Å². The summed E-state index contributed by atoms with van der Waals surface area (Å²) in [7, 11) is 0. The highest BCUT2D eigenvalue weighted by molar-refractivity contribution is 5.85. The van der Waals surface area contributed by atoms with Crippen molar-refractivity contribution >= 4 is 23.8 Å². The summed E-state index contributed by atoms with van der Waals surface area (Å²) >= 11 is 0. The van der Waals surface area contributed by atoms with Gasteiger partial charge in [-0.1, -0.05) is 72.6 Å². The summed E-state index contributed by atoms with van der Waals surface area (Å²) in [5, 5.41) is 23.6. The molecule has 0 aromatic rings. The summed E-state index contributed by atoms with van der Waals surface area (Å²) in [6, 6.07) is -1.47. The van der Waals surface area contributed by atoms with Crippen LogP contribution in [-0.4, -0.2) is 46.0 Å². The van der Waals surface area contributed by atoms with Crippen molar-refractivity contribution in [3.8, 4) is 0 Å². The molecule has 0 aromatic heterocycles. The molecule has 2 aliphatic carbocycles. The Morgan fingerprint density at radius 1 is 0.600 bits per heavy atom. The summed E-state index contributed by atoms with van der Waals surface area (Å²) in [6.07, 6.45) is 12.5. The van der Waals surface area contributed by atoms with Gasteiger partial charge in [0.2, 0.25) is 11.8 Å². The van der Waals surface area contributed by atoms with E-state index in [2.05, 4.69) is 10.6 Å². The zero-order valence-corrected chi connectivity index (χ0v) is 22.2. The molecule has 0 heterocycles. The van der Waals surface area contributed by atoms with Crippen LogP contribution in [-0.2, 0) is 19.2 Å². The minimum Gasteiger partial charge on any atom is -0.480 e. The van der Waals surface area contributed by atoms with Gasteiger partial charge in [0, 0.05) is 11.8 Å². The maximum atomic E-state index is 12.1. The topological polar surface area (TPSA) is 133 Å². The van der Waals surface area contributed by atoms with E-state index in [4.69, 9.17) is 10.2 Å². The molecule has 0 bridgehead atoms. The molecule has 2 fully saturated rings. The van der Waals surface area contributed by atoms with E-state index >= 15 is 0 Å². The molecule has 2 saturated carbocycles. The second-order valence-electron chi connectivity index (χ2n) is 11.1. The minimum absolute atomic E-state index is 0.0153. The highest BCUT2D eigenvalue weighted by atomic mass is 16.4. The molecule has 8 nitrogen and oxygen atoms in total. The molecule has 0 aromatic carbocycles. The average molecular weight is 497 g/mol. The number of nitrogens with one attached hydrogen (secondary N) is 2. The van der Waals surface area contributed by atoms with Crippen molar-refractivity contribution in [1.29, 1.82) is 0 Å². The number of carboxylic acids is 2. The Balaban J connectivity index is 0.000000351. The third kappa shape index (κ3) is 13.0. The number of amides is 2. The fraction of sp³-hybridized carbons (Fsp3) is 0.852. The van der Waals surface area contributed by atoms with Gasteiger partial charge in [-0.05, 0) is 50.4 Å². The number of carboxylic acid groups (broad SMARTS) is 2. The highest BCUT2D eigenvalue weighted by Gasteiger charge is 2.27. The Hall–Kier alpha value is -2.12. The van der Waals surface area contributed by atoms with E-state index in [1.165, 1.54) is 19.3 Å². The molecule has 0 aliphatic heterocycles. The third-order valence-corrected chi connectivity index (χ3v) is 6.85. The maximum Gasteiger partial charge on any atom is 0.326 e. The quantitative estimate of drug-likeness (QED) is 0.323. The molecule has 0 unspecified atom stereocenters. The Labute approximate surface area is 211 Å². The Kier molecular flexibility index (Phi) is 14.6. The van der Waals surface area contributed by atoms with Gasteiger partial charge in [-0.15, -0.1) is 0 Å². The number of hydrogen-bond acceptors (Lipinski definition) is 4. The number of aliphatic carboxylic acids is 2. The van der Waals surface area contributed by atoms with Crippen LogP contribution in [0.25, 0.3) is 0 Å². The van der Waals surface area contributed by atoms with E-state index in [1.807, 2.05) is 27.7 Å². The summed E-state index contributed by atoms with van der Waals surface area (Å²) in [4.78, 5) is 46.1. The SMILES string of the molecule is CC(C)C[C@H](NC(=O)C1CCCCC1)C(=O)O.CC(C)C[C@H](NC(=O)C1CCCCCC1)C(=O)O. The van der Waals surface area contributed by atoms with E-state index < -0.39 is 24.0 Å². The zero-order valence-electron chi connectivity index (χ0n) is 22.2. The van der Waals surface area contributed by atoms with Gasteiger partial charge >= 0.3 is 11.9 Å². The van der Waals surface area contributed by atoms with Gasteiger partial charge in [0.1, 0.15) is 12.1 Å². The number of carbonyl (C=O) groups is 4. The molecule has 8 heteroatoms. The van der Waals surface area contributed by atoms with Crippen molar-refractivity contribution < 1.29 is 29.4 Å². The summed E-state index contributed by atoms with van der Waals surface area (Å²) in [5.41, 5.74) is 0. The molecule has 2 amide bonds. The molecule has 202 valence electrons. The smallest absolute Gasteiger partial charge is 0.326 e. The van der Waals surface area contributed by atoms with Gasteiger partial charge in [-0.2, -0.15) is 0 Å². The predicted molar refractivity (Wildman–Crippen MR) is 136 cm³/mol. The molecular formula is C27H48N2O6. The summed E-state index contributed by atoms with van der Waals surface area (Å²) < 4.78 is 0. The van der Waals surface area contributed by atoms with Crippen LogP contribution in [0.4, 0.5) is 0 Å². The molecule has 4 N–H and O–H groups in total. The number of hydrogen-bond donors (Lipinski definition) is 4. The molecule has 0 saturated heterocycles. The fourth-order valence-electron chi connectivity index (χ4n) is 4.87. The van der Waals surface area contributed by atoms with Gasteiger partial charge in [-0.25, -0.2) is 9.59 Å². The lowest BCUT2D eigenvalue weighted by Crippen LogP contribution is -2.44. The highest BCUT2D eigenvalue weighted by Crippen LogP contribution is 2.24. The second-order valence-corrected chi connectivity index (χ2v) is 11.1. The first kappa shape index (κ1) is 30.9. The fourth-order valence-corrected chi connectivity index (χ4v) is 4.87. The largest absolute Gasteiger partial charge is 0.480 e. The summed E-state index contributed by atoms with van der Waals surface area (Å²) in [6.45, 7) is 7.85. The molecule has 35 heavy (non-hydrogen) atoms. The van der Waals surface area contributed by atoms with Crippen LogP contribution in [0.3, 0.4) is 0 Å². The van der Waals surface area contributed by atoms with Crippen LogP contribution in [0.1, 0.15) is 111 Å². The molecule has 0 radical (unpaired) electrons. The first-order valence-electron chi connectivity index (χ1n) is 13.6. The third-order valence-electron chi connectivity index (χ3n) is 6.85. The van der Waals surface area contributed by atoms with Crippen LogP contribution >= 0.6 is 0 Å². The minimum atomic E-state index is -0.928. The Morgan fingerprint density at radius 3 is 1.14 bits per heavy atom. The van der Waals surface area contributed by atoms with Gasteiger partial charge < -0.3 is 20.8 Å². The van der Waals surface area contributed by atoms with Crippen molar-refractivity contribution in [2.45, 2.75) is 123 Å². The van der Waals surface area contributed by atoms with Crippen LogP contribution in [0.15, 0.2) is 0 Å². The number of rotatable bonds is 10. The van der Waals surface area contributed by atoms with E-state index in [0.29, 0.717) is 12.8 Å². The van der Waals surface area contributed by atoms with Crippen molar-refractivity contribution in [1.82, 2.24) is 10.6 Å². The van der Waals surface area contributed by atoms with Gasteiger partial charge in [0.05, 0.1) is 0 Å². The van der Waals surface area contributed by atoms with E-state index in [-0.39, 0.29) is 35.5 Å². The van der Waals surface area contributed by atoms with Crippen molar-refractivity contribution in [3.05, 3.63) is 0 Å². The monoisotopic (exact) mass is 496 g/mol. The molecule has 2 atom stereocenters. The van der Waals surface area contributed by atoms with Crippen molar-refractivity contribution in [3.63, 3.8) is 0 Å². The molecular weight excluding hydrogens is 448 g/mol. The first-order valence-corrected chi connectivity index (χ1v) is 13.6. The van der Waals surface area contributed by atoms with Crippen LogP contribution in [0, 0.1) is 23.7 Å². The molecule has 0 spiro atoms. The lowest BCUT2D eigenvalue weighted by molar-refractivity contribution is -0.143. The molecule has 2 rings (SSSR count). The van der Waals surface area contributed by atoms with Crippen LogP contribution in [0.5, 0.6) is 0 Å². The Bertz CT molecular complexity index is 665. The average Bonchev–Trinajstić information content (AvgIpc) is 3.08. The van der Waals surface area contributed by atoms with Crippen molar-refractivity contribution in [2.24, 2.45) is 23.7 Å². The zero-order chi connectivity index (χ0) is 26.4. The van der Waals surface area contributed by atoms with Crippen LogP contribution < -0.4 is 10.6 Å². The van der Waals surface area contributed by atoms with Gasteiger partial charge in [0.15, 0.2) is 0 Å². The lowest BCUT2D eigenvalue weighted by atomic mass is 9.88. The first-order chi connectivity index (χ1) is 16.5.